The third-order valence-corrected chi connectivity index (χ3v) is 5.26. The Morgan fingerprint density at radius 1 is 0.912 bits per heavy atom. The lowest BCUT2D eigenvalue weighted by molar-refractivity contribution is -0.394. The molecule has 0 bridgehead atoms. The van der Waals surface area contributed by atoms with Gasteiger partial charge in [-0.3, -0.25) is 25.0 Å². The largest absolute Gasteiger partial charge is 0.356 e. The van der Waals surface area contributed by atoms with Gasteiger partial charge in [-0.15, -0.1) is 0 Å². The number of aryl methyl sites for hydroxylation is 1. The molecule has 0 aliphatic carbocycles. The molecular weight excluding hydrogens is 442 g/mol. The molecule has 1 aliphatic rings. The third-order valence-electron chi connectivity index (χ3n) is 5.26. The van der Waals surface area contributed by atoms with E-state index in [9.17, 15) is 25.0 Å². The molecule has 2 aromatic carbocycles. The summed E-state index contributed by atoms with van der Waals surface area (Å²) in [5.74, 6) is 0.634. The van der Waals surface area contributed by atoms with Crippen LogP contribution in [0.2, 0.25) is 0 Å². The highest BCUT2D eigenvalue weighted by Crippen LogP contribution is 2.25. The highest BCUT2D eigenvalue weighted by atomic mass is 16.6. The topological polar surface area (TPSA) is 156 Å². The number of non-ortho nitro benzene ring substituents is 2. The van der Waals surface area contributed by atoms with Gasteiger partial charge in [0, 0.05) is 48.4 Å². The van der Waals surface area contributed by atoms with Crippen LogP contribution >= 0.6 is 0 Å². The van der Waals surface area contributed by atoms with Crippen molar-refractivity contribution < 1.29 is 14.6 Å². The summed E-state index contributed by atoms with van der Waals surface area (Å²) < 4.78 is 0. The van der Waals surface area contributed by atoms with E-state index < -0.39 is 27.1 Å². The van der Waals surface area contributed by atoms with Gasteiger partial charge in [0.15, 0.2) is 0 Å². The lowest BCUT2D eigenvalue weighted by atomic mass is 10.1. The van der Waals surface area contributed by atoms with Crippen LogP contribution in [0, 0.1) is 27.2 Å². The fourth-order valence-corrected chi connectivity index (χ4v) is 3.62. The van der Waals surface area contributed by atoms with Crippen molar-refractivity contribution in [2.24, 2.45) is 0 Å². The van der Waals surface area contributed by atoms with Gasteiger partial charge in [-0.25, -0.2) is 4.98 Å². The molecule has 12 heteroatoms. The number of rotatable bonds is 7. The van der Waals surface area contributed by atoms with Gasteiger partial charge in [-0.05, 0) is 44.0 Å². The first kappa shape index (κ1) is 22.6. The number of hydrogen-bond donors (Lipinski definition) is 2. The lowest BCUT2D eigenvalue weighted by Crippen LogP contribution is -2.19. The zero-order valence-corrected chi connectivity index (χ0v) is 18.2. The average Bonchev–Trinajstić information content (AvgIpc) is 3.35. The number of benzene rings is 2. The molecule has 1 amide bonds. The van der Waals surface area contributed by atoms with Crippen molar-refractivity contribution in [3.8, 4) is 0 Å². The quantitative estimate of drug-likeness (QED) is 0.387. The van der Waals surface area contributed by atoms with E-state index in [1.54, 1.807) is 24.3 Å². The summed E-state index contributed by atoms with van der Waals surface area (Å²) in [6.45, 7) is 3.85. The van der Waals surface area contributed by atoms with Gasteiger partial charge in [0.25, 0.3) is 17.3 Å². The Morgan fingerprint density at radius 3 is 2.09 bits per heavy atom. The second-order valence-electron chi connectivity index (χ2n) is 7.79. The highest BCUT2D eigenvalue weighted by molar-refractivity contribution is 6.05. The Labute approximate surface area is 193 Å². The van der Waals surface area contributed by atoms with Crippen LogP contribution < -0.4 is 15.5 Å². The van der Waals surface area contributed by atoms with E-state index in [0.717, 1.165) is 55.6 Å². The molecule has 2 heterocycles. The van der Waals surface area contributed by atoms with E-state index in [4.69, 9.17) is 0 Å². The summed E-state index contributed by atoms with van der Waals surface area (Å²) in [6, 6.07) is 11.4. The van der Waals surface area contributed by atoms with E-state index in [1.165, 1.54) is 0 Å². The van der Waals surface area contributed by atoms with Crippen molar-refractivity contribution >= 4 is 40.4 Å². The van der Waals surface area contributed by atoms with Gasteiger partial charge in [-0.2, -0.15) is 4.98 Å². The van der Waals surface area contributed by atoms with Crippen molar-refractivity contribution in [1.82, 2.24) is 9.97 Å². The van der Waals surface area contributed by atoms with Crippen molar-refractivity contribution in [3.63, 3.8) is 0 Å². The molecule has 0 atom stereocenters. The number of nitro groups is 2. The zero-order valence-electron chi connectivity index (χ0n) is 18.2. The molecule has 34 heavy (non-hydrogen) atoms. The average molecular weight is 463 g/mol. The molecule has 12 nitrogen and oxygen atoms in total. The first-order valence-corrected chi connectivity index (χ1v) is 10.5. The molecule has 1 saturated heterocycles. The summed E-state index contributed by atoms with van der Waals surface area (Å²) in [5, 5.41) is 27.8. The molecule has 4 rings (SSSR count). The number of nitrogens with one attached hydrogen (secondary N) is 2. The van der Waals surface area contributed by atoms with Gasteiger partial charge in [-0.1, -0.05) is 0 Å². The predicted molar refractivity (Wildman–Crippen MR) is 126 cm³/mol. The minimum atomic E-state index is -0.785. The van der Waals surface area contributed by atoms with Crippen LogP contribution in [0.25, 0.3) is 0 Å². The molecule has 174 valence electrons. The standard InChI is InChI=1S/C22H21N7O5/c1-14-10-20(27-8-2-3-9-27)26-22(23-14)25-17-6-4-16(5-7-17)24-21(30)15-11-18(28(31)32)13-19(12-15)29(33)34/h4-7,10-13H,2-3,8-9H2,1H3,(H,24,30)(H,23,25,26). The Bertz CT molecular complexity index is 1220. The molecule has 0 spiro atoms. The molecule has 0 saturated carbocycles. The van der Waals surface area contributed by atoms with Crippen LogP contribution in [0.4, 0.5) is 34.5 Å². The Kier molecular flexibility index (Phi) is 6.30. The molecule has 0 radical (unpaired) electrons. The van der Waals surface area contributed by atoms with E-state index in [1.807, 2.05) is 13.0 Å². The summed E-state index contributed by atoms with van der Waals surface area (Å²) in [7, 11) is 0. The van der Waals surface area contributed by atoms with Crippen molar-refractivity contribution in [2.45, 2.75) is 19.8 Å². The maximum Gasteiger partial charge on any atom is 0.277 e. The Hall–Kier alpha value is -4.61. The minimum absolute atomic E-state index is 0.189. The maximum absolute atomic E-state index is 12.5. The van der Waals surface area contributed by atoms with Gasteiger partial charge in [0.2, 0.25) is 5.95 Å². The van der Waals surface area contributed by atoms with Crippen LogP contribution in [0.3, 0.4) is 0 Å². The zero-order chi connectivity index (χ0) is 24.2. The van der Waals surface area contributed by atoms with Gasteiger partial charge in [0.1, 0.15) is 5.82 Å². The number of carbonyl (C=O) groups is 1. The number of aromatic nitrogens is 2. The molecule has 1 aliphatic heterocycles. The first-order valence-electron chi connectivity index (χ1n) is 10.5. The second-order valence-corrected chi connectivity index (χ2v) is 7.79. The number of anilines is 4. The minimum Gasteiger partial charge on any atom is -0.356 e. The number of nitrogens with zero attached hydrogens (tertiary/aromatic N) is 5. The lowest BCUT2D eigenvalue weighted by Gasteiger charge is -2.17. The summed E-state index contributed by atoms with van der Waals surface area (Å²) in [6.07, 6.45) is 2.28. The molecule has 3 aromatic rings. The third kappa shape index (κ3) is 5.23. The number of amides is 1. The normalized spacial score (nSPS) is 12.9. The molecule has 2 N–H and O–H groups in total. The van der Waals surface area contributed by atoms with Crippen LogP contribution in [0.1, 0.15) is 28.9 Å². The monoisotopic (exact) mass is 463 g/mol. The van der Waals surface area contributed by atoms with Crippen LogP contribution in [-0.4, -0.2) is 38.8 Å². The van der Waals surface area contributed by atoms with E-state index >= 15 is 0 Å². The number of hydrogen-bond acceptors (Lipinski definition) is 9. The molecule has 0 unspecified atom stereocenters. The van der Waals surface area contributed by atoms with Gasteiger partial charge < -0.3 is 15.5 Å². The predicted octanol–water partition coefficient (Wildman–Crippen LogP) is 4.20. The van der Waals surface area contributed by atoms with Crippen molar-refractivity contribution in [1.29, 1.82) is 0 Å². The van der Waals surface area contributed by atoms with Crippen LogP contribution in [0.5, 0.6) is 0 Å². The highest BCUT2D eigenvalue weighted by Gasteiger charge is 2.20. The fourth-order valence-electron chi connectivity index (χ4n) is 3.62. The Morgan fingerprint density at radius 2 is 1.50 bits per heavy atom. The van der Waals surface area contributed by atoms with Gasteiger partial charge in [0.05, 0.1) is 21.5 Å². The van der Waals surface area contributed by atoms with E-state index in [0.29, 0.717) is 17.3 Å². The summed E-state index contributed by atoms with van der Waals surface area (Å²) >= 11 is 0. The number of nitro benzene ring substituents is 2. The second kappa shape index (κ2) is 9.48. The molecular formula is C22H21N7O5. The molecule has 1 aromatic heterocycles. The van der Waals surface area contributed by atoms with Crippen LogP contribution in [-0.2, 0) is 0 Å². The Balaban J connectivity index is 1.47. The van der Waals surface area contributed by atoms with Crippen LogP contribution in [0.15, 0.2) is 48.5 Å². The maximum atomic E-state index is 12.5. The van der Waals surface area contributed by atoms with E-state index in [2.05, 4.69) is 25.5 Å². The van der Waals surface area contributed by atoms with E-state index in [-0.39, 0.29) is 5.56 Å². The summed E-state index contributed by atoms with van der Waals surface area (Å²) in [5.41, 5.74) is 0.685. The smallest absolute Gasteiger partial charge is 0.277 e. The van der Waals surface area contributed by atoms with Gasteiger partial charge >= 0.3 is 0 Å². The van der Waals surface area contributed by atoms with Crippen molar-refractivity contribution in [2.75, 3.05) is 28.6 Å². The molecule has 1 fully saturated rings. The van der Waals surface area contributed by atoms with Crippen molar-refractivity contribution in [3.05, 3.63) is 80.0 Å². The fraction of sp³-hybridized carbons (Fsp3) is 0.227. The number of carbonyl (C=O) groups excluding carboxylic acids is 1. The summed E-state index contributed by atoms with van der Waals surface area (Å²) in [4.78, 5) is 44.3. The first-order chi connectivity index (χ1) is 16.3. The SMILES string of the molecule is Cc1cc(N2CCCC2)nc(Nc2ccc(NC(=O)c3cc([N+](=O)[O-])cc([N+](=O)[O-])c3)cc2)n1.